The first-order chi connectivity index (χ1) is 10.5. The van der Waals surface area contributed by atoms with Gasteiger partial charge in [-0.2, -0.15) is 0 Å². The predicted octanol–water partition coefficient (Wildman–Crippen LogP) is -0.500. The molecule has 120 valence electrons. The number of nitrogens with one attached hydrogen (secondary N) is 1. The fraction of sp³-hybridized carbons (Fsp3) is 0.667. The summed E-state index contributed by atoms with van der Waals surface area (Å²) in [7, 11) is 3.14. The molecule has 1 aromatic heterocycles. The molecule has 2 atom stereocenters. The van der Waals surface area contributed by atoms with Crippen molar-refractivity contribution in [2.45, 2.75) is 25.4 Å². The van der Waals surface area contributed by atoms with Crippen LogP contribution in [0.25, 0.3) is 0 Å². The topological polar surface area (TPSA) is 84.4 Å². The lowest BCUT2D eigenvalue weighted by Crippen LogP contribution is -2.49. The molecule has 7 nitrogen and oxygen atoms in total. The number of H-pyrrole nitrogens is 1. The van der Waals surface area contributed by atoms with Crippen molar-refractivity contribution in [2.24, 2.45) is 18.9 Å². The van der Waals surface area contributed by atoms with Crippen molar-refractivity contribution >= 4 is 5.91 Å². The molecule has 0 aromatic carbocycles. The van der Waals surface area contributed by atoms with Gasteiger partial charge in [0.15, 0.2) is 0 Å². The number of likely N-dealkylation sites (tertiary alicyclic amines) is 1. The standard InChI is InChI=1S/C15H21N3O4/c1-17-14(20)11(6-16-15(17)21)5-12(19)18-7-9-3-4-10(8-18)13(9)22-2/h6,9-10,13H,3-5,7-8H2,1-2H3,(H,16,21). The summed E-state index contributed by atoms with van der Waals surface area (Å²) in [5.41, 5.74) is -0.555. The number of rotatable bonds is 3. The van der Waals surface area contributed by atoms with Crippen molar-refractivity contribution in [1.29, 1.82) is 0 Å². The Kier molecular flexibility index (Phi) is 3.90. The number of nitrogens with zero attached hydrogens (tertiary/aromatic N) is 2. The molecule has 1 aromatic rings. The lowest BCUT2D eigenvalue weighted by molar-refractivity contribution is -0.135. The molecule has 2 aliphatic rings. The van der Waals surface area contributed by atoms with Crippen molar-refractivity contribution in [3.8, 4) is 0 Å². The molecule has 0 spiro atoms. The van der Waals surface area contributed by atoms with Gasteiger partial charge in [0.25, 0.3) is 5.56 Å². The van der Waals surface area contributed by atoms with E-state index in [4.69, 9.17) is 4.74 Å². The third-order valence-corrected chi connectivity index (χ3v) is 4.97. The molecule has 2 unspecified atom stereocenters. The van der Waals surface area contributed by atoms with Gasteiger partial charge in [-0.15, -0.1) is 0 Å². The molecule has 1 N–H and O–H groups in total. The van der Waals surface area contributed by atoms with Gasteiger partial charge in [-0.3, -0.25) is 14.2 Å². The summed E-state index contributed by atoms with van der Waals surface area (Å²) in [6, 6.07) is 0. The smallest absolute Gasteiger partial charge is 0.328 e. The molecule has 1 saturated heterocycles. The van der Waals surface area contributed by atoms with Crippen molar-refractivity contribution in [1.82, 2.24) is 14.5 Å². The van der Waals surface area contributed by atoms with Crippen LogP contribution in [0.3, 0.4) is 0 Å². The van der Waals surface area contributed by atoms with Gasteiger partial charge in [-0.25, -0.2) is 4.79 Å². The van der Waals surface area contributed by atoms with Crippen LogP contribution >= 0.6 is 0 Å². The number of carbonyl (C=O) groups excluding carboxylic acids is 1. The Morgan fingerprint density at radius 2 is 1.95 bits per heavy atom. The maximum atomic E-state index is 12.5. The highest BCUT2D eigenvalue weighted by molar-refractivity contribution is 5.78. The highest BCUT2D eigenvalue weighted by atomic mass is 16.5. The average molecular weight is 307 g/mol. The Morgan fingerprint density at radius 1 is 1.32 bits per heavy atom. The molecule has 2 heterocycles. The first-order valence-electron chi connectivity index (χ1n) is 7.59. The minimum atomic E-state index is -0.472. The van der Waals surface area contributed by atoms with E-state index in [0.29, 0.717) is 30.5 Å². The summed E-state index contributed by atoms with van der Waals surface area (Å²) < 4.78 is 6.53. The molecule has 0 radical (unpaired) electrons. The number of amides is 1. The maximum absolute atomic E-state index is 12.5. The maximum Gasteiger partial charge on any atom is 0.328 e. The van der Waals surface area contributed by atoms with Crippen LogP contribution in [0.5, 0.6) is 0 Å². The molecule has 1 saturated carbocycles. The van der Waals surface area contributed by atoms with Crippen LogP contribution in [0.4, 0.5) is 0 Å². The number of aromatic nitrogens is 2. The first-order valence-corrected chi connectivity index (χ1v) is 7.59. The largest absolute Gasteiger partial charge is 0.381 e. The highest BCUT2D eigenvalue weighted by Crippen LogP contribution is 2.38. The summed E-state index contributed by atoms with van der Waals surface area (Å²) in [6.07, 6.45) is 3.81. The van der Waals surface area contributed by atoms with Crippen LogP contribution in [0.2, 0.25) is 0 Å². The molecular formula is C15H21N3O4. The Labute approximate surface area is 127 Å². The Bertz CT molecular complexity index is 679. The first kappa shape index (κ1) is 15.0. The van der Waals surface area contributed by atoms with Gasteiger partial charge >= 0.3 is 5.69 Å². The second kappa shape index (κ2) is 5.72. The fourth-order valence-corrected chi connectivity index (χ4v) is 3.78. The van der Waals surface area contributed by atoms with Crippen LogP contribution in [0.1, 0.15) is 18.4 Å². The summed E-state index contributed by atoms with van der Waals surface area (Å²) in [5, 5.41) is 0. The van der Waals surface area contributed by atoms with E-state index in [2.05, 4.69) is 4.98 Å². The number of aromatic amines is 1. The lowest BCUT2D eigenvalue weighted by atomic mass is 9.94. The van der Waals surface area contributed by atoms with Gasteiger partial charge in [0.2, 0.25) is 5.91 Å². The van der Waals surface area contributed by atoms with E-state index in [-0.39, 0.29) is 18.4 Å². The van der Waals surface area contributed by atoms with Gasteiger partial charge in [0.1, 0.15) is 0 Å². The fourth-order valence-electron chi connectivity index (χ4n) is 3.78. The van der Waals surface area contributed by atoms with Crippen molar-refractivity contribution in [3.63, 3.8) is 0 Å². The SMILES string of the molecule is COC1C2CCC1CN(C(=O)Cc1c[nH]c(=O)n(C)c1=O)C2. The second-order valence-electron chi connectivity index (χ2n) is 6.26. The van der Waals surface area contributed by atoms with Crippen molar-refractivity contribution < 1.29 is 9.53 Å². The van der Waals surface area contributed by atoms with E-state index in [1.54, 1.807) is 7.11 Å². The van der Waals surface area contributed by atoms with E-state index in [1.807, 2.05) is 4.90 Å². The monoisotopic (exact) mass is 307 g/mol. The average Bonchev–Trinajstić information content (AvgIpc) is 2.75. The minimum Gasteiger partial charge on any atom is -0.381 e. The van der Waals surface area contributed by atoms with Gasteiger partial charge in [0.05, 0.1) is 12.5 Å². The molecule has 22 heavy (non-hydrogen) atoms. The van der Waals surface area contributed by atoms with E-state index in [1.165, 1.54) is 13.2 Å². The number of hydrogen-bond acceptors (Lipinski definition) is 4. The molecule has 2 fully saturated rings. The molecule has 3 rings (SSSR count). The molecule has 1 aliphatic carbocycles. The molecule has 2 bridgehead atoms. The quantitative estimate of drug-likeness (QED) is 0.816. The zero-order valence-electron chi connectivity index (χ0n) is 12.9. The molecule has 1 amide bonds. The Morgan fingerprint density at radius 3 is 2.55 bits per heavy atom. The van der Waals surface area contributed by atoms with Gasteiger partial charge in [-0.1, -0.05) is 0 Å². The number of fused-ring (bicyclic) bond motifs is 2. The van der Waals surface area contributed by atoms with Crippen LogP contribution in [-0.4, -0.2) is 46.7 Å². The molecular weight excluding hydrogens is 286 g/mol. The number of ether oxygens (including phenoxy) is 1. The van der Waals surface area contributed by atoms with Crippen LogP contribution in [0.15, 0.2) is 15.8 Å². The normalized spacial score (nSPS) is 27.2. The van der Waals surface area contributed by atoms with Gasteiger partial charge in [-0.05, 0) is 12.8 Å². The third kappa shape index (κ3) is 2.49. The number of carbonyl (C=O) groups is 1. The number of methoxy groups -OCH3 is 1. The zero-order chi connectivity index (χ0) is 15.9. The Balaban J connectivity index is 1.73. The highest BCUT2D eigenvalue weighted by Gasteiger charge is 2.43. The van der Waals surface area contributed by atoms with E-state index in [0.717, 1.165) is 17.4 Å². The number of piperidine rings is 1. The summed E-state index contributed by atoms with van der Waals surface area (Å²) >= 11 is 0. The van der Waals surface area contributed by atoms with E-state index in [9.17, 15) is 14.4 Å². The van der Waals surface area contributed by atoms with Crippen LogP contribution in [0, 0.1) is 11.8 Å². The van der Waals surface area contributed by atoms with E-state index < -0.39 is 11.2 Å². The van der Waals surface area contributed by atoms with Crippen LogP contribution < -0.4 is 11.2 Å². The van der Waals surface area contributed by atoms with Gasteiger partial charge in [0, 0.05) is 50.8 Å². The summed E-state index contributed by atoms with van der Waals surface area (Å²) in [5.74, 6) is 0.729. The van der Waals surface area contributed by atoms with Crippen molar-refractivity contribution in [2.75, 3.05) is 20.2 Å². The Hall–Kier alpha value is -1.89. The summed E-state index contributed by atoms with van der Waals surface area (Å²) in [4.78, 5) is 40.1. The zero-order valence-corrected chi connectivity index (χ0v) is 12.9. The lowest BCUT2D eigenvalue weighted by Gasteiger charge is -2.37. The van der Waals surface area contributed by atoms with E-state index >= 15 is 0 Å². The number of hydrogen-bond donors (Lipinski definition) is 1. The predicted molar refractivity (Wildman–Crippen MR) is 79.6 cm³/mol. The molecule has 7 heteroatoms. The summed E-state index contributed by atoms with van der Waals surface area (Å²) in [6.45, 7) is 1.38. The second-order valence-corrected chi connectivity index (χ2v) is 6.26. The minimum absolute atomic E-state index is 0.0283. The van der Waals surface area contributed by atoms with Crippen molar-refractivity contribution in [3.05, 3.63) is 32.6 Å². The molecule has 1 aliphatic heterocycles. The van der Waals surface area contributed by atoms with Crippen LogP contribution in [-0.2, 0) is 23.0 Å². The third-order valence-electron chi connectivity index (χ3n) is 4.97. The van der Waals surface area contributed by atoms with Gasteiger partial charge < -0.3 is 14.6 Å².